The minimum Gasteiger partial charge on any atom is -0.374 e. The molecule has 0 aliphatic carbocycles. The first kappa shape index (κ1) is 20.4. The molecule has 2 aliphatic heterocycles. The van der Waals surface area contributed by atoms with Gasteiger partial charge < -0.3 is 15.0 Å². The lowest BCUT2D eigenvalue weighted by Gasteiger charge is -2.45. The number of carbonyl (C=O) groups excluding carboxylic acids is 2. The molecule has 2 aromatic carbocycles. The fourth-order valence-electron chi connectivity index (χ4n) is 3.88. The maximum atomic E-state index is 13.4. The van der Waals surface area contributed by atoms with Crippen LogP contribution in [-0.4, -0.2) is 59.9 Å². The van der Waals surface area contributed by atoms with Gasteiger partial charge in [0.05, 0.1) is 13.2 Å². The van der Waals surface area contributed by atoms with Gasteiger partial charge in [0, 0.05) is 26.2 Å². The number of piperazine rings is 2. The summed E-state index contributed by atoms with van der Waals surface area (Å²) in [5, 5.41) is 2.76. The summed E-state index contributed by atoms with van der Waals surface area (Å²) in [6.07, 6.45) is 0. The Morgan fingerprint density at radius 2 is 1.80 bits per heavy atom. The van der Waals surface area contributed by atoms with Crippen LogP contribution in [0.1, 0.15) is 11.1 Å². The number of amides is 2. The van der Waals surface area contributed by atoms with Gasteiger partial charge in [0.1, 0.15) is 12.1 Å². The molecule has 4 rings (SSSR count). The van der Waals surface area contributed by atoms with Gasteiger partial charge in [-0.1, -0.05) is 36.4 Å². The van der Waals surface area contributed by atoms with E-state index >= 15 is 0 Å². The first-order valence-electron chi connectivity index (χ1n) is 9.90. The molecule has 30 heavy (non-hydrogen) atoms. The summed E-state index contributed by atoms with van der Waals surface area (Å²) in [6, 6.07) is 12.1. The summed E-state index contributed by atoms with van der Waals surface area (Å²) < 4.78 is 32.2. The Hall–Kier alpha value is -2.84. The monoisotopic (exact) mass is 415 g/mol. The highest BCUT2D eigenvalue weighted by Crippen LogP contribution is 2.19. The lowest BCUT2D eigenvalue weighted by Crippen LogP contribution is -2.69. The predicted molar refractivity (Wildman–Crippen MR) is 105 cm³/mol. The van der Waals surface area contributed by atoms with Crippen molar-refractivity contribution in [1.29, 1.82) is 0 Å². The van der Waals surface area contributed by atoms with Gasteiger partial charge >= 0.3 is 0 Å². The Morgan fingerprint density at radius 3 is 2.57 bits per heavy atom. The van der Waals surface area contributed by atoms with E-state index in [0.29, 0.717) is 38.3 Å². The van der Waals surface area contributed by atoms with Gasteiger partial charge in [0.25, 0.3) is 0 Å². The van der Waals surface area contributed by atoms with Crippen LogP contribution in [0.4, 0.5) is 8.78 Å². The third-order valence-electron chi connectivity index (χ3n) is 5.45. The number of hydrogen-bond donors (Lipinski definition) is 1. The molecule has 0 bridgehead atoms. The van der Waals surface area contributed by atoms with Crippen molar-refractivity contribution in [2.24, 2.45) is 0 Å². The Morgan fingerprint density at radius 1 is 1.00 bits per heavy atom. The summed E-state index contributed by atoms with van der Waals surface area (Å²) in [5.74, 6) is -2.16. The maximum Gasteiger partial charge on any atom is 0.248 e. The molecule has 2 aliphatic rings. The quantitative estimate of drug-likeness (QED) is 0.780. The van der Waals surface area contributed by atoms with Gasteiger partial charge in [-0.2, -0.15) is 0 Å². The molecule has 158 valence electrons. The minimum atomic E-state index is -0.893. The van der Waals surface area contributed by atoms with Crippen molar-refractivity contribution in [1.82, 2.24) is 15.1 Å². The van der Waals surface area contributed by atoms with Crippen LogP contribution in [0.2, 0.25) is 0 Å². The highest BCUT2D eigenvalue weighted by molar-refractivity contribution is 5.97. The Bertz CT molecular complexity index is 925. The first-order valence-corrected chi connectivity index (χ1v) is 9.90. The highest BCUT2D eigenvalue weighted by atomic mass is 19.2. The Kier molecular flexibility index (Phi) is 6.06. The third-order valence-corrected chi connectivity index (χ3v) is 5.45. The molecule has 0 aromatic heterocycles. The van der Waals surface area contributed by atoms with Gasteiger partial charge in [-0.05, 0) is 23.3 Å². The van der Waals surface area contributed by atoms with Gasteiger partial charge in [-0.25, -0.2) is 8.78 Å². The second-order valence-electron chi connectivity index (χ2n) is 7.59. The summed E-state index contributed by atoms with van der Waals surface area (Å²) in [6.45, 7) is 2.15. The van der Waals surface area contributed by atoms with Crippen LogP contribution < -0.4 is 5.32 Å². The van der Waals surface area contributed by atoms with Crippen molar-refractivity contribution in [2.75, 3.05) is 26.2 Å². The normalized spacial score (nSPS) is 22.0. The Balaban J connectivity index is 1.33. The van der Waals surface area contributed by atoms with Crippen LogP contribution in [0.25, 0.3) is 0 Å². The van der Waals surface area contributed by atoms with Crippen molar-refractivity contribution >= 4 is 11.8 Å². The van der Waals surface area contributed by atoms with E-state index < -0.39 is 23.7 Å². The lowest BCUT2D eigenvalue weighted by molar-refractivity contribution is -0.155. The average Bonchev–Trinajstić information content (AvgIpc) is 2.75. The number of benzene rings is 2. The van der Waals surface area contributed by atoms with Crippen LogP contribution in [0.5, 0.6) is 0 Å². The second-order valence-corrected chi connectivity index (χ2v) is 7.59. The standard InChI is InChI=1S/C22H23F2N3O3/c23-17-7-6-16(10-18(17)24)11-26-8-9-27-20(12-26)21(28)25-19(22(27)29)14-30-13-15-4-2-1-3-5-15/h1-7,10,19-20H,8-9,11-14H2,(H,25,28)/t19-,20+/m0/s1. The number of ether oxygens (including phenoxy) is 1. The molecule has 2 amide bonds. The molecule has 0 unspecified atom stereocenters. The van der Waals surface area contributed by atoms with Crippen LogP contribution in [0.15, 0.2) is 48.5 Å². The van der Waals surface area contributed by atoms with E-state index in [2.05, 4.69) is 5.32 Å². The summed E-state index contributed by atoms with van der Waals surface area (Å²) in [4.78, 5) is 29.0. The topological polar surface area (TPSA) is 61.9 Å². The minimum absolute atomic E-state index is 0.112. The zero-order chi connectivity index (χ0) is 21.1. The van der Waals surface area contributed by atoms with Crippen LogP contribution in [0, 0.1) is 11.6 Å². The largest absolute Gasteiger partial charge is 0.374 e. The number of hydrogen-bond acceptors (Lipinski definition) is 4. The number of halogens is 2. The van der Waals surface area contributed by atoms with Crippen molar-refractivity contribution in [2.45, 2.75) is 25.2 Å². The van der Waals surface area contributed by atoms with Crippen LogP contribution >= 0.6 is 0 Å². The molecular formula is C22H23F2N3O3. The Labute approximate surface area is 173 Å². The molecule has 0 saturated carbocycles. The molecule has 2 aromatic rings. The number of carbonyl (C=O) groups is 2. The first-order chi connectivity index (χ1) is 14.5. The van der Waals surface area contributed by atoms with Crippen molar-refractivity contribution < 1.29 is 23.1 Å². The number of rotatable bonds is 6. The second kappa shape index (κ2) is 8.89. The average molecular weight is 415 g/mol. The molecule has 0 radical (unpaired) electrons. The number of nitrogens with one attached hydrogen (secondary N) is 1. The smallest absolute Gasteiger partial charge is 0.248 e. The van der Waals surface area contributed by atoms with Gasteiger partial charge in [-0.3, -0.25) is 14.5 Å². The van der Waals surface area contributed by atoms with Crippen molar-refractivity contribution in [3.8, 4) is 0 Å². The number of nitrogens with zero attached hydrogens (tertiary/aromatic N) is 2. The van der Waals surface area contributed by atoms with Crippen molar-refractivity contribution in [3.05, 3.63) is 71.3 Å². The maximum absolute atomic E-state index is 13.4. The third kappa shape index (κ3) is 4.49. The molecule has 2 heterocycles. The van der Waals surface area contributed by atoms with E-state index in [0.717, 1.165) is 17.7 Å². The van der Waals surface area contributed by atoms with E-state index in [1.165, 1.54) is 6.07 Å². The van der Waals surface area contributed by atoms with Crippen LogP contribution in [0.3, 0.4) is 0 Å². The molecule has 2 saturated heterocycles. The molecular weight excluding hydrogens is 392 g/mol. The van der Waals surface area contributed by atoms with E-state index in [4.69, 9.17) is 4.74 Å². The molecule has 1 N–H and O–H groups in total. The van der Waals surface area contributed by atoms with Crippen LogP contribution in [-0.2, 0) is 27.5 Å². The lowest BCUT2D eigenvalue weighted by atomic mass is 10.0. The zero-order valence-corrected chi connectivity index (χ0v) is 16.4. The fraction of sp³-hybridized carbons (Fsp3) is 0.364. The molecule has 2 atom stereocenters. The SMILES string of the molecule is O=C1N[C@@H](COCc2ccccc2)C(=O)N2CCN(Cc3ccc(F)c(F)c3)C[C@H]12. The van der Waals surface area contributed by atoms with E-state index in [1.54, 1.807) is 4.90 Å². The molecule has 0 spiro atoms. The summed E-state index contributed by atoms with van der Waals surface area (Å²) in [7, 11) is 0. The number of fused-ring (bicyclic) bond motifs is 1. The highest BCUT2D eigenvalue weighted by Gasteiger charge is 2.43. The molecule has 2 fully saturated rings. The predicted octanol–water partition coefficient (Wildman–Crippen LogP) is 1.69. The van der Waals surface area contributed by atoms with Gasteiger partial charge in [-0.15, -0.1) is 0 Å². The van der Waals surface area contributed by atoms with Gasteiger partial charge in [0.2, 0.25) is 11.8 Å². The molecule has 6 nitrogen and oxygen atoms in total. The van der Waals surface area contributed by atoms with E-state index in [-0.39, 0.29) is 18.4 Å². The van der Waals surface area contributed by atoms with Gasteiger partial charge in [0.15, 0.2) is 11.6 Å². The fourth-order valence-corrected chi connectivity index (χ4v) is 3.88. The van der Waals surface area contributed by atoms with E-state index in [9.17, 15) is 18.4 Å². The zero-order valence-electron chi connectivity index (χ0n) is 16.4. The molecule has 8 heteroatoms. The van der Waals surface area contributed by atoms with Crippen molar-refractivity contribution in [3.63, 3.8) is 0 Å². The summed E-state index contributed by atoms with van der Waals surface area (Å²) >= 11 is 0. The van der Waals surface area contributed by atoms with E-state index in [1.807, 2.05) is 35.2 Å². The summed E-state index contributed by atoms with van der Waals surface area (Å²) in [5.41, 5.74) is 1.62.